The van der Waals surface area contributed by atoms with E-state index in [1.165, 1.54) is 0 Å². The first kappa shape index (κ1) is 14.5. The molecule has 2 rings (SSSR count). The lowest BCUT2D eigenvalue weighted by Gasteiger charge is -2.10. The molecule has 0 amide bonds. The summed E-state index contributed by atoms with van der Waals surface area (Å²) in [6.07, 6.45) is -4.23. The average molecular weight is 298 g/mol. The zero-order valence-corrected chi connectivity index (χ0v) is 10.1. The van der Waals surface area contributed by atoms with Crippen LogP contribution < -0.4 is 11.3 Å². The highest BCUT2D eigenvalue weighted by Crippen LogP contribution is 2.26. The smallest absolute Gasteiger partial charge is 0.398 e. The molecule has 0 bridgehead atoms. The van der Waals surface area contributed by atoms with Crippen molar-refractivity contribution in [1.82, 2.24) is 9.55 Å². The Morgan fingerprint density at radius 2 is 1.95 bits per heavy atom. The molecule has 2 aromatic rings. The van der Waals surface area contributed by atoms with Crippen molar-refractivity contribution >= 4 is 5.69 Å². The number of nitrogen functional groups attached to an aromatic ring is 1. The minimum absolute atomic E-state index is 0.110. The molecule has 5 nitrogen and oxygen atoms in total. The summed E-state index contributed by atoms with van der Waals surface area (Å²) in [5.74, 6) is -0.982. The summed E-state index contributed by atoms with van der Waals surface area (Å²) in [6.45, 7) is 0. The number of rotatable bonds is 1. The summed E-state index contributed by atoms with van der Waals surface area (Å²) in [5, 5.41) is 8.68. The maximum atomic E-state index is 13.8. The second-order valence-electron chi connectivity index (χ2n) is 3.98. The molecule has 1 heterocycles. The van der Waals surface area contributed by atoms with E-state index in [1.807, 2.05) is 0 Å². The van der Waals surface area contributed by atoms with Gasteiger partial charge in [0.15, 0.2) is 5.69 Å². The van der Waals surface area contributed by atoms with Crippen LogP contribution in [0.4, 0.5) is 23.2 Å². The molecule has 0 aliphatic rings. The first-order valence-corrected chi connectivity index (χ1v) is 5.39. The summed E-state index contributed by atoms with van der Waals surface area (Å²) < 4.78 is 51.6. The first-order valence-electron chi connectivity index (χ1n) is 5.39. The van der Waals surface area contributed by atoms with Crippen molar-refractivity contribution in [1.29, 1.82) is 5.26 Å². The Balaban J connectivity index is 2.62. The van der Waals surface area contributed by atoms with E-state index in [0.29, 0.717) is 10.9 Å². The van der Waals surface area contributed by atoms with E-state index in [0.717, 1.165) is 12.1 Å². The number of benzene rings is 1. The molecule has 0 aliphatic heterocycles. The number of hydrogen-bond acceptors (Lipinski definition) is 4. The lowest BCUT2D eigenvalue weighted by Crippen LogP contribution is -2.23. The van der Waals surface area contributed by atoms with E-state index >= 15 is 0 Å². The van der Waals surface area contributed by atoms with E-state index in [4.69, 9.17) is 11.0 Å². The molecule has 2 N–H and O–H groups in total. The largest absolute Gasteiger partial charge is 0.433 e. The van der Waals surface area contributed by atoms with Crippen molar-refractivity contribution < 1.29 is 17.6 Å². The summed E-state index contributed by atoms with van der Waals surface area (Å²) in [5.41, 5.74) is 2.32. The van der Waals surface area contributed by atoms with E-state index in [2.05, 4.69) is 4.98 Å². The SMILES string of the molecule is N#Cc1cc(F)c(-n2cnc(C(F)(F)F)cc2=O)cc1N. The lowest BCUT2D eigenvalue weighted by molar-refractivity contribution is -0.141. The average Bonchev–Trinajstić information content (AvgIpc) is 2.40. The van der Waals surface area contributed by atoms with Crippen LogP contribution in [0.5, 0.6) is 0 Å². The number of alkyl halides is 3. The van der Waals surface area contributed by atoms with Gasteiger partial charge in [-0.1, -0.05) is 0 Å². The fourth-order valence-electron chi connectivity index (χ4n) is 1.60. The third kappa shape index (κ3) is 2.69. The highest BCUT2D eigenvalue weighted by molar-refractivity contribution is 5.59. The molecular formula is C12H6F4N4O. The third-order valence-corrected chi connectivity index (χ3v) is 2.60. The number of anilines is 1. The van der Waals surface area contributed by atoms with Gasteiger partial charge in [0.25, 0.3) is 5.56 Å². The number of hydrogen-bond donors (Lipinski definition) is 1. The van der Waals surface area contributed by atoms with Crippen LogP contribution in [-0.4, -0.2) is 9.55 Å². The van der Waals surface area contributed by atoms with Crippen LogP contribution in [-0.2, 0) is 6.18 Å². The van der Waals surface area contributed by atoms with Gasteiger partial charge >= 0.3 is 6.18 Å². The van der Waals surface area contributed by atoms with Crippen molar-refractivity contribution in [2.24, 2.45) is 0 Å². The number of nitrogens with zero attached hydrogens (tertiary/aromatic N) is 3. The highest BCUT2D eigenvalue weighted by atomic mass is 19.4. The van der Waals surface area contributed by atoms with Crippen LogP contribution in [0.1, 0.15) is 11.3 Å². The van der Waals surface area contributed by atoms with Gasteiger partial charge in [-0.3, -0.25) is 9.36 Å². The topological polar surface area (TPSA) is 84.7 Å². The Labute approximate surface area is 114 Å². The molecule has 0 atom stereocenters. The number of nitriles is 1. The zero-order chi connectivity index (χ0) is 15.8. The van der Waals surface area contributed by atoms with Crippen LogP contribution in [0.3, 0.4) is 0 Å². The van der Waals surface area contributed by atoms with Crippen molar-refractivity contribution in [3.8, 4) is 11.8 Å². The molecule has 0 aliphatic carbocycles. The van der Waals surface area contributed by atoms with Crippen LogP contribution in [0.2, 0.25) is 0 Å². The summed E-state index contributed by atoms with van der Waals surface area (Å²) in [6, 6.07) is 3.65. The molecule has 0 spiro atoms. The van der Waals surface area contributed by atoms with Gasteiger partial charge in [-0.25, -0.2) is 9.37 Å². The van der Waals surface area contributed by atoms with Crippen LogP contribution in [0.15, 0.2) is 29.3 Å². The Bertz CT molecular complexity index is 804. The highest BCUT2D eigenvalue weighted by Gasteiger charge is 2.33. The van der Waals surface area contributed by atoms with Gasteiger partial charge in [-0.2, -0.15) is 18.4 Å². The monoisotopic (exact) mass is 298 g/mol. The summed E-state index contributed by atoms with van der Waals surface area (Å²) >= 11 is 0. The van der Waals surface area contributed by atoms with Crippen LogP contribution in [0, 0.1) is 17.1 Å². The molecule has 0 radical (unpaired) electrons. The summed E-state index contributed by atoms with van der Waals surface area (Å²) in [4.78, 5) is 14.7. The number of aromatic nitrogens is 2. The molecule has 1 aromatic heterocycles. The van der Waals surface area contributed by atoms with Gasteiger partial charge in [0, 0.05) is 6.07 Å². The molecule has 21 heavy (non-hydrogen) atoms. The molecule has 0 unspecified atom stereocenters. The molecule has 0 fully saturated rings. The predicted molar refractivity (Wildman–Crippen MR) is 63.9 cm³/mol. The minimum Gasteiger partial charge on any atom is -0.398 e. The second-order valence-corrected chi connectivity index (χ2v) is 3.98. The minimum atomic E-state index is -4.78. The Hall–Kier alpha value is -2.89. The zero-order valence-electron chi connectivity index (χ0n) is 10.1. The maximum Gasteiger partial charge on any atom is 0.433 e. The van der Waals surface area contributed by atoms with Gasteiger partial charge in [0.1, 0.15) is 18.2 Å². The van der Waals surface area contributed by atoms with Crippen molar-refractivity contribution in [3.05, 3.63) is 52.0 Å². The normalized spacial score (nSPS) is 11.2. The van der Waals surface area contributed by atoms with E-state index in [9.17, 15) is 22.4 Å². The molecule has 9 heteroatoms. The Morgan fingerprint density at radius 3 is 2.48 bits per heavy atom. The fraction of sp³-hybridized carbons (Fsp3) is 0.0833. The van der Waals surface area contributed by atoms with Crippen molar-refractivity contribution in [2.45, 2.75) is 6.18 Å². The lowest BCUT2D eigenvalue weighted by atomic mass is 10.1. The molecule has 108 valence electrons. The molecule has 0 saturated carbocycles. The summed E-state index contributed by atoms with van der Waals surface area (Å²) in [7, 11) is 0. The molecular weight excluding hydrogens is 292 g/mol. The quantitative estimate of drug-likeness (QED) is 0.643. The second kappa shape index (κ2) is 4.90. The number of nitrogens with two attached hydrogens (primary N) is 1. The Kier molecular flexibility index (Phi) is 3.39. The first-order chi connectivity index (χ1) is 9.74. The van der Waals surface area contributed by atoms with Gasteiger partial charge in [0.2, 0.25) is 0 Å². The van der Waals surface area contributed by atoms with Gasteiger partial charge in [-0.15, -0.1) is 0 Å². The van der Waals surface area contributed by atoms with Crippen molar-refractivity contribution in [3.63, 3.8) is 0 Å². The maximum absolute atomic E-state index is 13.8. The van der Waals surface area contributed by atoms with E-state index in [1.54, 1.807) is 6.07 Å². The van der Waals surface area contributed by atoms with Crippen LogP contribution in [0.25, 0.3) is 5.69 Å². The fourth-order valence-corrected chi connectivity index (χ4v) is 1.60. The van der Waals surface area contributed by atoms with Crippen molar-refractivity contribution in [2.75, 3.05) is 5.73 Å². The van der Waals surface area contributed by atoms with E-state index < -0.39 is 28.9 Å². The number of halogens is 4. The molecule has 0 saturated heterocycles. The van der Waals surface area contributed by atoms with Gasteiger partial charge < -0.3 is 5.73 Å². The van der Waals surface area contributed by atoms with Crippen LogP contribution >= 0.6 is 0 Å². The van der Waals surface area contributed by atoms with E-state index in [-0.39, 0.29) is 17.3 Å². The Morgan fingerprint density at radius 1 is 1.29 bits per heavy atom. The van der Waals surface area contributed by atoms with Gasteiger partial charge in [0.05, 0.1) is 16.9 Å². The third-order valence-electron chi connectivity index (χ3n) is 2.60. The molecule has 1 aromatic carbocycles. The standard InChI is InChI=1S/C12H6F4N4O/c13-7-1-6(4-17)8(18)2-9(7)20-5-19-10(3-11(20)21)12(14,15)16/h1-3,5H,18H2. The predicted octanol–water partition coefficient (Wildman–Crippen LogP) is 1.84. The van der Waals surface area contributed by atoms with Gasteiger partial charge in [-0.05, 0) is 12.1 Å².